The highest BCUT2D eigenvalue weighted by Gasteiger charge is 2.50. The highest BCUT2D eigenvalue weighted by Crippen LogP contribution is 2.46. The minimum atomic E-state index is -0.406. The van der Waals surface area contributed by atoms with Gasteiger partial charge in [0, 0.05) is 5.75 Å². The minimum absolute atomic E-state index is 0.0879. The van der Waals surface area contributed by atoms with E-state index in [4.69, 9.17) is 21.7 Å². The number of rotatable bonds is 5. The van der Waals surface area contributed by atoms with Crippen LogP contribution in [0.25, 0.3) is 0 Å². The number of hydrogen-bond donors (Lipinski definition) is 0. The van der Waals surface area contributed by atoms with Gasteiger partial charge in [-0.2, -0.15) is 0 Å². The van der Waals surface area contributed by atoms with Crippen LogP contribution in [0.4, 0.5) is 5.69 Å². The second kappa shape index (κ2) is 8.68. The maximum Gasteiger partial charge on any atom is 0.338 e. The molecule has 7 nitrogen and oxygen atoms in total. The number of methoxy groups -OCH3 is 1. The summed E-state index contributed by atoms with van der Waals surface area (Å²) < 4.78 is 9.75. The fourth-order valence-corrected chi connectivity index (χ4v) is 5.57. The van der Waals surface area contributed by atoms with Gasteiger partial charge in [0.05, 0.1) is 30.5 Å². The summed E-state index contributed by atoms with van der Waals surface area (Å²) in [6.45, 7) is 2.05. The summed E-state index contributed by atoms with van der Waals surface area (Å²) in [5.74, 6) is -0.278. The van der Waals surface area contributed by atoms with Crippen molar-refractivity contribution in [1.82, 2.24) is 4.90 Å². The maximum atomic E-state index is 13.1. The van der Waals surface area contributed by atoms with Crippen LogP contribution in [-0.2, 0) is 14.3 Å². The highest BCUT2D eigenvalue weighted by molar-refractivity contribution is 7.99. The minimum Gasteiger partial charge on any atom is -0.465 e. The molecule has 4 rings (SSSR count). The summed E-state index contributed by atoms with van der Waals surface area (Å²) in [5, 5.41) is 0.294. The molecule has 2 aliphatic heterocycles. The highest BCUT2D eigenvalue weighted by atomic mass is 32.2. The van der Waals surface area contributed by atoms with Crippen molar-refractivity contribution in [3.8, 4) is 0 Å². The molecule has 2 fully saturated rings. The number of carbonyl (C=O) groups excluding carboxylic acids is 3. The fraction of sp³-hybridized carbons (Fsp3) is 0.273. The second-order valence-corrected chi connectivity index (χ2v) is 8.42. The van der Waals surface area contributed by atoms with E-state index in [1.54, 1.807) is 55.1 Å². The summed E-state index contributed by atoms with van der Waals surface area (Å²) in [7, 11) is 1.34. The molecule has 1 amide bonds. The Morgan fingerprint density at radius 3 is 2.29 bits per heavy atom. The van der Waals surface area contributed by atoms with Crippen molar-refractivity contribution < 1.29 is 23.9 Å². The van der Waals surface area contributed by atoms with E-state index in [9.17, 15) is 14.4 Å². The van der Waals surface area contributed by atoms with Gasteiger partial charge >= 0.3 is 11.9 Å². The monoisotopic (exact) mass is 456 g/mol. The Morgan fingerprint density at radius 2 is 1.68 bits per heavy atom. The topological polar surface area (TPSA) is 76.1 Å². The molecular formula is C22H20N2O5S2. The molecule has 0 spiro atoms. The van der Waals surface area contributed by atoms with Crippen molar-refractivity contribution in [3.63, 3.8) is 0 Å². The third-order valence-corrected chi connectivity index (χ3v) is 6.89. The van der Waals surface area contributed by atoms with Crippen LogP contribution in [0.2, 0.25) is 0 Å². The summed E-state index contributed by atoms with van der Waals surface area (Å²) in [5.41, 5.74) is 2.45. The maximum absolute atomic E-state index is 13.1. The molecule has 160 valence electrons. The van der Waals surface area contributed by atoms with Gasteiger partial charge in [0.25, 0.3) is 5.91 Å². The molecule has 2 atom stereocenters. The molecule has 31 heavy (non-hydrogen) atoms. The van der Waals surface area contributed by atoms with Gasteiger partial charge in [0.2, 0.25) is 0 Å². The van der Waals surface area contributed by atoms with Gasteiger partial charge in [0.15, 0.2) is 5.11 Å². The van der Waals surface area contributed by atoms with Crippen molar-refractivity contribution in [2.24, 2.45) is 0 Å². The number of amides is 1. The molecule has 0 bridgehead atoms. The number of thiocarbonyl (C=S) groups is 1. The van der Waals surface area contributed by atoms with E-state index in [0.717, 1.165) is 5.56 Å². The van der Waals surface area contributed by atoms with E-state index >= 15 is 0 Å². The van der Waals surface area contributed by atoms with E-state index in [1.807, 2.05) is 17.0 Å². The largest absolute Gasteiger partial charge is 0.465 e. The molecule has 2 unspecified atom stereocenters. The van der Waals surface area contributed by atoms with E-state index < -0.39 is 11.9 Å². The van der Waals surface area contributed by atoms with Crippen LogP contribution in [0, 0.1) is 0 Å². The average molecular weight is 457 g/mol. The molecule has 2 saturated heterocycles. The van der Waals surface area contributed by atoms with Gasteiger partial charge in [-0.1, -0.05) is 12.1 Å². The Balaban J connectivity index is 1.56. The Morgan fingerprint density at radius 1 is 1.06 bits per heavy atom. The number of ether oxygens (including phenoxy) is 2. The standard InChI is InChI=1S/C22H20N2O5S2/c1-3-29-21(27)15-8-10-16(11-9-15)23-18(25)17-12-31-19(24(17)22(23)30)13-4-6-14(7-5-13)20(26)28-2/h4-11,17,19H,3,12H2,1-2H3. The van der Waals surface area contributed by atoms with Crippen molar-refractivity contribution in [2.75, 3.05) is 24.4 Å². The number of carbonyl (C=O) groups is 3. The number of thioether (sulfide) groups is 1. The Kier molecular flexibility index (Phi) is 5.97. The van der Waals surface area contributed by atoms with Crippen LogP contribution in [0.15, 0.2) is 48.5 Å². The second-order valence-electron chi connectivity index (χ2n) is 6.95. The number of benzene rings is 2. The Hall–Kier alpha value is -2.91. The third kappa shape index (κ3) is 3.79. The first-order valence-corrected chi connectivity index (χ1v) is 11.1. The van der Waals surface area contributed by atoms with Gasteiger partial charge in [0.1, 0.15) is 11.4 Å². The SMILES string of the molecule is CCOC(=O)c1ccc(N2C(=O)C3CSC(c4ccc(C(=O)OC)cc4)N3C2=S)cc1. The van der Waals surface area contributed by atoms with Crippen molar-refractivity contribution >= 4 is 52.6 Å². The average Bonchev–Trinajstić information content (AvgIpc) is 3.33. The lowest BCUT2D eigenvalue weighted by molar-refractivity contribution is -0.119. The first-order valence-electron chi connectivity index (χ1n) is 9.69. The number of anilines is 1. The lowest BCUT2D eigenvalue weighted by atomic mass is 10.1. The third-order valence-electron chi connectivity index (χ3n) is 5.17. The zero-order valence-electron chi connectivity index (χ0n) is 16.9. The lowest BCUT2D eigenvalue weighted by Gasteiger charge is -2.25. The van der Waals surface area contributed by atoms with E-state index in [1.165, 1.54) is 12.0 Å². The molecule has 0 aliphatic carbocycles. The van der Waals surface area contributed by atoms with Gasteiger partial charge < -0.3 is 14.4 Å². The van der Waals surface area contributed by atoms with Gasteiger partial charge in [-0.25, -0.2) is 9.59 Å². The van der Waals surface area contributed by atoms with Crippen LogP contribution < -0.4 is 4.90 Å². The molecule has 2 aliphatic rings. The number of hydrogen-bond acceptors (Lipinski definition) is 7. The number of esters is 2. The van der Waals surface area contributed by atoms with Gasteiger partial charge in [-0.15, -0.1) is 11.8 Å². The summed E-state index contributed by atoms with van der Waals surface area (Å²) in [4.78, 5) is 40.1. The zero-order valence-corrected chi connectivity index (χ0v) is 18.6. The zero-order chi connectivity index (χ0) is 22.1. The van der Waals surface area contributed by atoms with Crippen LogP contribution in [0.5, 0.6) is 0 Å². The predicted octanol–water partition coefficient (Wildman–Crippen LogP) is 3.40. The Bertz CT molecular complexity index is 1040. The van der Waals surface area contributed by atoms with Gasteiger partial charge in [-0.05, 0) is 61.1 Å². The normalized spacial score (nSPS) is 20.1. The fourth-order valence-electron chi connectivity index (χ4n) is 3.65. The molecule has 2 heterocycles. The molecule has 0 saturated carbocycles. The lowest BCUT2D eigenvalue weighted by Crippen LogP contribution is -2.33. The van der Waals surface area contributed by atoms with Crippen molar-refractivity contribution in [1.29, 1.82) is 0 Å². The van der Waals surface area contributed by atoms with Crippen LogP contribution >= 0.6 is 24.0 Å². The number of fused-ring (bicyclic) bond motifs is 1. The summed E-state index contributed by atoms with van der Waals surface area (Å²) >= 11 is 7.32. The summed E-state index contributed by atoms with van der Waals surface area (Å²) in [6.07, 6.45) is 0. The molecular weight excluding hydrogens is 436 g/mol. The van der Waals surface area contributed by atoms with Gasteiger partial charge in [-0.3, -0.25) is 9.69 Å². The van der Waals surface area contributed by atoms with Crippen LogP contribution in [0.3, 0.4) is 0 Å². The quantitative estimate of drug-likeness (QED) is 0.501. The molecule has 2 aromatic carbocycles. The molecule has 2 aromatic rings. The first-order chi connectivity index (χ1) is 15.0. The van der Waals surface area contributed by atoms with Crippen LogP contribution in [-0.4, -0.2) is 53.4 Å². The molecule has 0 aromatic heterocycles. The van der Waals surface area contributed by atoms with Crippen molar-refractivity contribution in [2.45, 2.75) is 18.3 Å². The van der Waals surface area contributed by atoms with Crippen LogP contribution in [0.1, 0.15) is 38.6 Å². The van der Waals surface area contributed by atoms with Crippen molar-refractivity contribution in [3.05, 3.63) is 65.2 Å². The smallest absolute Gasteiger partial charge is 0.338 e. The molecule has 9 heteroatoms. The Labute approximate surface area is 189 Å². The predicted molar refractivity (Wildman–Crippen MR) is 121 cm³/mol. The first kappa shape index (κ1) is 21.3. The molecule has 0 radical (unpaired) electrons. The number of nitrogens with zero attached hydrogens (tertiary/aromatic N) is 2. The summed E-state index contributed by atoms with van der Waals surface area (Å²) in [6, 6.07) is 13.4. The van der Waals surface area contributed by atoms with E-state index in [2.05, 4.69) is 0 Å². The van der Waals surface area contributed by atoms with E-state index in [-0.39, 0.29) is 17.3 Å². The van der Waals surface area contributed by atoms with E-state index in [0.29, 0.717) is 34.3 Å². The molecule has 0 N–H and O–H groups in total.